The second-order valence-electron chi connectivity index (χ2n) is 8.73. The summed E-state index contributed by atoms with van der Waals surface area (Å²) in [7, 11) is 0. The number of hydrogen-bond donors (Lipinski definition) is 0. The van der Waals surface area contributed by atoms with E-state index in [1.165, 1.54) is 16.6 Å². The van der Waals surface area contributed by atoms with Crippen molar-refractivity contribution in [2.45, 2.75) is 33.0 Å². The standard InChI is InChI=1S/C25H29N3O4/c1-25(2,3)32-24(29)28-16-23(26-18-28)20-7-9-22(10-8-20)31-17-19-5-4-6-21(15-19)27-11-13-30-14-12-27/h4-10,15-16,18H,11-14,17H2,1-3H3. The molecule has 0 atom stereocenters. The van der Waals surface area contributed by atoms with E-state index >= 15 is 0 Å². The molecule has 0 N–H and O–H groups in total. The van der Waals surface area contributed by atoms with E-state index < -0.39 is 11.7 Å². The van der Waals surface area contributed by atoms with E-state index in [0.29, 0.717) is 12.3 Å². The van der Waals surface area contributed by atoms with E-state index in [2.05, 4.69) is 34.1 Å². The molecule has 3 aromatic rings. The fraction of sp³-hybridized carbons (Fsp3) is 0.360. The lowest BCUT2D eigenvalue weighted by Gasteiger charge is -2.29. The van der Waals surface area contributed by atoms with Gasteiger partial charge in [0.1, 0.15) is 24.3 Å². The van der Waals surface area contributed by atoms with E-state index in [0.717, 1.165) is 43.2 Å². The van der Waals surface area contributed by atoms with Crippen molar-refractivity contribution in [3.63, 3.8) is 0 Å². The van der Waals surface area contributed by atoms with Crippen LogP contribution in [0.2, 0.25) is 0 Å². The summed E-state index contributed by atoms with van der Waals surface area (Å²) in [6.07, 6.45) is 2.69. The molecule has 2 aromatic carbocycles. The maximum Gasteiger partial charge on any atom is 0.419 e. The van der Waals surface area contributed by atoms with Crippen LogP contribution in [0.3, 0.4) is 0 Å². The molecular weight excluding hydrogens is 406 g/mol. The number of hydrogen-bond acceptors (Lipinski definition) is 6. The van der Waals surface area contributed by atoms with Gasteiger partial charge in [0.25, 0.3) is 0 Å². The zero-order valence-corrected chi connectivity index (χ0v) is 18.8. The zero-order chi connectivity index (χ0) is 22.6. The van der Waals surface area contributed by atoms with Gasteiger partial charge in [0.15, 0.2) is 0 Å². The highest BCUT2D eigenvalue weighted by molar-refractivity contribution is 5.73. The molecule has 168 valence electrons. The van der Waals surface area contributed by atoms with Crippen molar-refractivity contribution in [1.82, 2.24) is 9.55 Å². The monoisotopic (exact) mass is 435 g/mol. The Morgan fingerprint density at radius 2 is 1.84 bits per heavy atom. The zero-order valence-electron chi connectivity index (χ0n) is 18.8. The number of benzene rings is 2. The Hall–Kier alpha value is -3.32. The van der Waals surface area contributed by atoms with Gasteiger partial charge in [-0.05, 0) is 62.7 Å². The number of carbonyl (C=O) groups is 1. The summed E-state index contributed by atoms with van der Waals surface area (Å²) < 4.78 is 18.1. The lowest BCUT2D eigenvalue weighted by molar-refractivity contribution is 0.0536. The maximum atomic E-state index is 12.2. The number of imidazole rings is 1. The second-order valence-corrected chi connectivity index (χ2v) is 8.73. The molecule has 0 radical (unpaired) electrons. The van der Waals surface area contributed by atoms with E-state index in [4.69, 9.17) is 14.2 Å². The van der Waals surface area contributed by atoms with Crippen molar-refractivity contribution >= 4 is 11.8 Å². The Bertz CT molecular complexity index is 1050. The fourth-order valence-corrected chi connectivity index (χ4v) is 3.44. The van der Waals surface area contributed by atoms with Crippen LogP contribution in [-0.4, -0.2) is 47.5 Å². The number of morpholine rings is 1. The van der Waals surface area contributed by atoms with Crippen LogP contribution in [0.1, 0.15) is 26.3 Å². The van der Waals surface area contributed by atoms with Crippen LogP contribution in [0.15, 0.2) is 61.1 Å². The van der Waals surface area contributed by atoms with E-state index in [1.54, 1.807) is 6.20 Å². The third kappa shape index (κ3) is 5.68. The second kappa shape index (κ2) is 9.44. The van der Waals surface area contributed by atoms with Gasteiger partial charge in [-0.2, -0.15) is 0 Å². The minimum absolute atomic E-state index is 0.449. The van der Waals surface area contributed by atoms with Crippen molar-refractivity contribution in [1.29, 1.82) is 0 Å². The van der Waals surface area contributed by atoms with Gasteiger partial charge in [0, 0.05) is 30.5 Å². The SMILES string of the molecule is CC(C)(C)OC(=O)n1cnc(-c2ccc(OCc3cccc(N4CCOCC4)c3)cc2)c1. The van der Waals surface area contributed by atoms with Crippen LogP contribution in [0.5, 0.6) is 5.75 Å². The molecular formula is C25H29N3O4. The van der Waals surface area contributed by atoms with Gasteiger partial charge in [-0.15, -0.1) is 0 Å². The largest absolute Gasteiger partial charge is 0.489 e. The number of rotatable bonds is 5. The third-order valence-corrected chi connectivity index (χ3v) is 5.03. The summed E-state index contributed by atoms with van der Waals surface area (Å²) >= 11 is 0. The molecule has 7 heteroatoms. The minimum Gasteiger partial charge on any atom is -0.489 e. The summed E-state index contributed by atoms with van der Waals surface area (Å²) in [6.45, 7) is 9.35. The Morgan fingerprint density at radius 3 is 2.56 bits per heavy atom. The normalized spacial score (nSPS) is 14.3. The first-order valence-corrected chi connectivity index (χ1v) is 10.8. The molecule has 0 unspecified atom stereocenters. The molecule has 1 saturated heterocycles. The molecule has 7 nitrogen and oxygen atoms in total. The average molecular weight is 436 g/mol. The van der Waals surface area contributed by atoms with Gasteiger partial charge in [-0.1, -0.05) is 12.1 Å². The quantitative estimate of drug-likeness (QED) is 0.576. The van der Waals surface area contributed by atoms with E-state index in [1.807, 2.05) is 45.0 Å². The lowest BCUT2D eigenvalue weighted by atomic mass is 10.1. The highest BCUT2D eigenvalue weighted by atomic mass is 16.6. The smallest absolute Gasteiger partial charge is 0.419 e. The topological polar surface area (TPSA) is 65.8 Å². The van der Waals surface area contributed by atoms with Gasteiger partial charge < -0.3 is 19.1 Å². The number of anilines is 1. The molecule has 32 heavy (non-hydrogen) atoms. The summed E-state index contributed by atoms with van der Waals surface area (Å²) in [5.41, 5.74) is 3.36. The van der Waals surface area contributed by atoms with Crippen LogP contribution in [0.25, 0.3) is 11.3 Å². The molecule has 2 heterocycles. The first-order chi connectivity index (χ1) is 15.4. The fourth-order valence-electron chi connectivity index (χ4n) is 3.44. The van der Waals surface area contributed by atoms with Gasteiger partial charge in [-0.25, -0.2) is 14.3 Å². The van der Waals surface area contributed by atoms with Gasteiger partial charge >= 0.3 is 6.09 Å². The molecule has 1 aromatic heterocycles. The molecule has 0 amide bonds. The van der Waals surface area contributed by atoms with Crippen molar-refractivity contribution < 1.29 is 19.0 Å². The molecule has 1 aliphatic rings. The molecule has 1 aliphatic heterocycles. The summed E-state index contributed by atoms with van der Waals surface area (Å²) in [4.78, 5) is 18.8. The van der Waals surface area contributed by atoms with Crippen LogP contribution in [0.4, 0.5) is 10.5 Å². The van der Waals surface area contributed by atoms with Crippen LogP contribution in [0, 0.1) is 0 Å². The number of nitrogens with zero attached hydrogens (tertiary/aromatic N) is 3. The number of aromatic nitrogens is 2. The minimum atomic E-state index is -0.553. The predicted molar refractivity (Wildman–Crippen MR) is 123 cm³/mol. The molecule has 0 saturated carbocycles. The molecule has 0 aliphatic carbocycles. The van der Waals surface area contributed by atoms with E-state index in [-0.39, 0.29) is 0 Å². The first-order valence-electron chi connectivity index (χ1n) is 10.8. The maximum absolute atomic E-state index is 12.2. The van der Waals surface area contributed by atoms with Gasteiger partial charge in [0.2, 0.25) is 0 Å². The average Bonchev–Trinajstić information content (AvgIpc) is 3.28. The van der Waals surface area contributed by atoms with Gasteiger partial charge in [0.05, 0.1) is 18.9 Å². The molecule has 0 bridgehead atoms. The van der Waals surface area contributed by atoms with Crippen molar-refractivity contribution in [2.75, 3.05) is 31.2 Å². The van der Waals surface area contributed by atoms with Crippen molar-refractivity contribution in [3.05, 3.63) is 66.6 Å². The van der Waals surface area contributed by atoms with Crippen LogP contribution < -0.4 is 9.64 Å². The highest BCUT2D eigenvalue weighted by Gasteiger charge is 2.18. The summed E-state index contributed by atoms with van der Waals surface area (Å²) in [5, 5.41) is 0. The van der Waals surface area contributed by atoms with Gasteiger partial charge in [-0.3, -0.25) is 0 Å². The third-order valence-electron chi connectivity index (χ3n) is 5.03. The predicted octanol–water partition coefficient (Wildman–Crippen LogP) is 4.75. The molecule has 4 rings (SSSR count). The Balaban J connectivity index is 1.36. The summed E-state index contributed by atoms with van der Waals surface area (Å²) in [5.74, 6) is 0.775. The van der Waals surface area contributed by atoms with Crippen LogP contribution in [-0.2, 0) is 16.1 Å². The van der Waals surface area contributed by atoms with Crippen molar-refractivity contribution in [3.8, 4) is 17.0 Å². The molecule has 1 fully saturated rings. The van der Waals surface area contributed by atoms with E-state index in [9.17, 15) is 4.79 Å². The van der Waals surface area contributed by atoms with Crippen LogP contribution >= 0.6 is 0 Å². The molecule has 0 spiro atoms. The first kappa shape index (κ1) is 21.9. The lowest BCUT2D eigenvalue weighted by Crippen LogP contribution is -2.36. The Morgan fingerprint density at radius 1 is 1.09 bits per heavy atom. The Labute approximate surface area is 188 Å². The Kier molecular flexibility index (Phi) is 6.46. The highest BCUT2D eigenvalue weighted by Crippen LogP contribution is 2.23. The summed E-state index contributed by atoms with van der Waals surface area (Å²) in [6, 6.07) is 16.1. The number of ether oxygens (including phenoxy) is 3. The number of carbonyl (C=O) groups excluding carboxylic acids is 1. The van der Waals surface area contributed by atoms with Crippen molar-refractivity contribution in [2.24, 2.45) is 0 Å².